The Hall–Kier alpha value is -2.40. The van der Waals surface area contributed by atoms with Crippen molar-refractivity contribution in [1.82, 2.24) is 0 Å². The molecule has 1 N–H and O–H groups in total. The van der Waals surface area contributed by atoms with Crippen LogP contribution in [0.25, 0.3) is 0 Å². The quantitative estimate of drug-likeness (QED) is 0.0375. The Labute approximate surface area is 385 Å². The molecular weight excluding hydrogens is 765 g/mol. The molecule has 0 spiro atoms. The summed E-state index contributed by atoms with van der Waals surface area (Å²) in [6.07, 6.45) is 70.6. The number of unbranched alkanes of at least 4 members (excludes halogenated alkanes) is 31. The molecule has 0 aliphatic carbocycles. The Morgan fingerprint density at radius 1 is 0.387 bits per heavy atom. The fraction of sp³-hybridized carbons (Fsp3) is 0.789. The molecule has 360 valence electrons. The van der Waals surface area contributed by atoms with Gasteiger partial charge in [0.15, 0.2) is 6.10 Å². The second-order valence-electron chi connectivity index (χ2n) is 17.9. The van der Waals surface area contributed by atoms with E-state index in [0.717, 1.165) is 70.6 Å². The van der Waals surface area contributed by atoms with E-state index in [-0.39, 0.29) is 25.2 Å². The molecule has 0 aromatic carbocycles. The van der Waals surface area contributed by atoms with Gasteiger partial charge in [0.2, 0.25) is 0 Å². The fourth-order valence-corrected chi connectivity index (χ4v) is 7.78. The molecule has 0 aromatic rings. The van der Waals surface area contributed by atoms with Crippen molar-refractivity contribution in [2.24, 2.45) is 0 Å². The van der Waals surface area contributed by atoms with Crippen LogP contribution in [0.1, 0.15) is 271 Å². The van der Waals surface area contributed by atoms with Gasteiger partial charge in [-0.2, -0.15) is 0 Å². The summed E-state index contributed by atoms with van der Waals surface area (Å²) in [6.45, 7) is 4.02. The van der Waals surface area contributed by atoms with Crippen molar-refractivity contribution in [3.05, 3.63) is 60.8 Å². The Morgan fingerprint density at radius 3 is 1.06 bits per heavy atom. The Morgan fingerprint density at radius 2 is 0.694 bits per heavy atom. The van der Waals surface area contributed by atoms with Crippen LogP contribution < -0.4 is 0 Å². The van der Waals surface area contributed by atoms with Crippen molar-refractivity contribution in [2.45, 2.75) is 277 Å². The van der Waals surface area contributed by atoms with Crippen LogP contribution in [0.3, 0.4) is 0 Å². The lowest BCUT2D eigenvalue weighted by Gasteiger charge is -2.15. The van der Waals surface area contributed by atoms with Gasteiger partial charge in [-0.3, -0.25) is 9.59 Å². The normalized spacial score (nSPS) is 12.6. The highest BCUT2D eigenvalue weighted by Crippen LogP contribution is 2.16. The van der Waals surface area contributed by atoms with Crippen molar-refractivity contribution >= 4 is 11.9 Å². The molecule has 1 atom stereocenters. The predicted molar refractivity (Wildman–Crippen MR) is 270 cm³/mol. The summed E-state index contributed by atoms with van der Waals surface area (Å²) >= 11 is 0. The number of aliphatic hydroxyl groups excluding tert-OH is 1. The molecule has 5 heteroatoms. The molecule has 0 heterocycles. The molecule has 0 amide bonds. The molecule has 0 radical (unpaired) electrons. The zero-order chi connectivity index (χ0) is 44.9. The third kappa shape index (κ3) is 50.2. The number of hydrogen-bond acceptors (Lipinski definition) is 5. The van der Waals surface area contributed by atoms with Crippen LogP contribution in [0, 0.1) is 0 Å². The minimum atomic E-state index is -0.773. The van der Waals surface area contributed by atoms with Crippen LogP contribution in [-0.2, 0) is 19.1 Å². The van der Waals surface area contributed by atoms with Crippen molar-refractivity contribution in [3.63, 3.8) is 0 Å². The minimum Gasteiger partial charge on any atom is -0.462 e. The van der Waals surface area contributed by atoms with Gasteiger partial charge in [-0.15, -0.1) is 0 Å². The van der Waals surface area contributed by atoms with Crippen molar-refractivity contribution in [3.8, 4) is 0 Å². The third-order valence-corrected chi connectivity index (χ3v) is 11.8. The van der Waals surface area contributed by atoms with E-state index in [2.05, 4.69) is 74.6 Å². The molecule has 0 aliphatic rings. The summed E-state index contributed by atoms with van der Waals surface area (Å²) < 4.78 is 10.7. The van der Waals surface area contributed by atoms with E-state index in [0.29, 0.717) is 12.8 Å². The van der Waals surface area contributed by atoms with Gasteiger partial charge >= 0.3 is 11.9 Å². The first-order valence-corrected chi connectivity index (χ1v) is 26.8. The van der Waals surface area contributed by atoms with E-state index in [1.165, 1.54) is 173 Å². The van der Waals surface area contributed by atoms with Crippen LogP contribution in [0.2, 0.25) is 0 Å². The molecule has 5 nitrogen and oxygen atoms in total. The SMILES string of the molecule is CC/C=C\C/C=C\C/C=C\C/C=C\CCCCCCCCCCCCCCCCCCCCCCCCC(=O)OC(CO)COC(=O)CCCCCCC/C=C\CCCCCC. The van der Waals surface area contributed by atoms with E-state index in [9.17, 15) is 14.7 Å². The number of allylic oxidation sites excluding steroid dienone is 10. The first-order valence-electron chi connectivity index (χ1n) is 26.8. The maximum absolute atomic E-state index is 12.3. The number of aliphatic hydroxyl groups is 1. The first-order chi connectivity index (χ1) is 30.6. The predicted octanol–water partition coefficient (Wildman–Crippen LogP) is 17.9. The fourth-order valence-electron chi connectivity index (χ4n) is 7.78. The van der Waals surface area contributed by atoms with E-state index in [4.69, 9.17) is 9.47 Å². The van der Waals surface area contributed by atoms with E-state index < -0.39 is 6.10 Å². The molecule has 0 saturated carbocycles. The van der Waals surface area contributed by atoms with Crippen LogP contribution in [0.15, 0.2) is 60.8 Å². The second-order valence-corrected chi connectivity index (χ2v) is 17.9. The highest BCUT2D eigenvalue weighted by atomic mass is 16.6. The molecular formula is C57H102O5. The standard InChI is InChI=1S/C57H102O5/c1-3-5-7-9-11-13-15-17-18-19-20-21-22-23-24-25-26-27-28-29-30-31-32-33-34-35-36-37-38-40-42-44-46-48-50-52-57(60)62-55(53-58)54-61-56(59)51-49-47-45-43-41-39-16-14-12-10-8-6-4-2/h5,7,11,13-14,16-18,20-21,55,58H,3-4,6,8-10,12,15,19,22-54H2,1-2H3/b7-5-,13-11-,16-14-,18-17-,21-20-. The van der Waals surface area contributed by atoms with Crippen molar-refractivity contribution in [2.75, 3.05) is 13.2 Å². The molecule has 0 aromatic heterocycles. The molecule has 1 unspecified atom stereocenters. The minimum absolute atomic E-state index is 0.0675. The van der Waals surface area contributed by atoms with Gasteiger partial charge in [0.25, 0.3) is 0 Å². The van der Waals surface area contributed by atoms with E-state index in [1.54, 1.807) is 0 Å². The topological polar surface area (TPSA) is 72.8 Å². The van der Waals surface area contributed by atoms with Crippen molar-refractivity contribution in [1.29, 1.82) is 0 Å². The lowest BCUT2D eigenvalue weighted by Crippen LogP contribution is -2.28. The van der Waals surface area contributed by atoms with Gasteiger partial charge in [0.1, 0.15) is 6.61 Å². The number of ether oxygens (including phenoxy) is 2. The number of rotatable bonds is 49. The van der Waals surface area contributed by atoms with Gasteiger partial charge in [0.05, 0.1) is 6.61 Å². The summed E-state index contributed by atoms with van der Waals surface area (Å²) in [5, 5.41) is 9.61. The largest absolute Gasteiger partial charge is 0.462 e. The van der Waals surface area contributed by atoms with Gasteiger partial charge < -0.3 is 14.6 Å². The molecule has 0 aliphatic heterocycles. The van der Waals surface area contributed by atoms with Gasteiger partial charge in [-0.25, -0.2) is 0 Å². The average Bonchev–Trinajstić information content (AvgIpc) is 3.28. The smallest absolute Gasteiger partial charge is 0.306 e. The number of hydrogen-bond donors (Lipinski definition) is 1. The molecule has 0 bridgehead atoms. The third-order valence-electron chi connectivity index (χ3n) is 11.8. The average molecular weight is 867 g/mol. The summed E-state index contributed by atoms with van der Waals surface area (Å²) in [6, 6.07) is 0. The van der Waals surface area contributed by atoms with Gasteiger partial charge in [-0.1, -0.05) is 242 Å². The lowest BCUT2D eigenvalue weighted by molar-refractivity contribution is -0.161. The number of esters is 2. The van der Waals surface area contributed by atoms with E-state index >= 15 is 0 Å². The zero-order valence-corrected chi connectivity index (χ0v) is 41.1. The van der Waals surface area contributed by atoms with Gasteiger partial charge in [-0.05, 0) is 77.0 Å². The molecule has 0 rings (SSSR count). The molecule has 0 saturated heterocycles. The van der Waals surface area contributed by atoms with Crippen LogP contribution >= 0.6 is 0 Å². The Kier molecular flexibility index (Phi) is 50.9. The summed E-state index contributed by atoms with van der Waals surface area (Å²) in [5.74, 6) is -0.591. The maximum Gasteiger partial charge on any atom is 0.306 e. The zero-order valence-electron chi connectivity index (χ0n) is 41.1. The van der Waals surface area contributed by atoms with Crippen LogP contribution in [-0.4, -0.2) is 36.4 Å². The summed E-state index contributed by atoms with van der Waals surface area (Å²) in [4.78, 5) is 24.4. The summed E-state index contributed by atoms with van der Waals surface area (Å²) in [7, 11) is 0. The molecule has 62 heavy (non-hydrogen) atoms. The van der Waals surface area contributed by atoms with Gasteiger partial charge in [0, 0.05) is 12.8 Å². The Bertz CT molecular complexity index is 1070. The number of carbonyl (C=O) groups excluding carboxylic acids is 2. The van der Waals surface area contributed by atoms with E-state index in [1.807, 2.05) is 0 Å². The lowest BCUT2D eigenvalue weighted by atomic mass is 10.0. The summed E-state index contributed by atoms with van der Waals surface area (Å²) in [5.41, 5.74) is 0. The second kappa shape index (κ2) is 52.9. The first kappa shape index (κ1) is 59.6. The maximum atomic E-state index is 12.3. The number of carbonyl (C=O) groups is 2. The highest BCUT2D eigenvalue weighted by molar-refractivity contribution is 5.70. The highest BCUT2D eigenvalue weighted by Gasteiger charge is 2.16. The molecule has 0 fully saturated rings. The Balaban J connectivity index is 3.41. The van der Waals surface area contributed by atoms with Crippen LogP contribution in [0.4, 0.5) is 0 Å². The van der Waals surface area contributed by atoms with Crippen molar-refractivity contribution < 1.29 is 24.2 Å². The van der Waals surface area contributed by atoms with Crippen LogP contribution in [0.5, 0.6) is 0 Å². The monoisotopic (exact) mass is 867 g/mol.